The van der Waals surface area contributed by atoms with Crippen molar-refractivity contribution >= 4 is 17.3 Å². The van der Waals surface area contributed by atoms with Crippen molar-refractivity contribution in [2.24, 2.45) is 0 Å². The number of nitrogens with two attached hydrogens (primary N) is 1. The molecule has 0 spiro atoms. The van der Waals surface area contributed by atoms with Gasteiger partial charge in [-0.15, -0.1) is 0 Å². The highest BCUT2D eigenvalue weighted by atomic mass is 16.5. The quantitative estimate of drug-likeness (QED) is 0.495. The van der Waals surface area contributed by atoms with Gasteiger partial charge in [0.2, 0.25) is 0 Å². The molecule has 0 saturated carbocycles. The molecule has 0 aromatic heterocycles. The second-order valence-electron chi connectivity index (χ2n) is 4.14. The summed E-state index contributed by atoms with van der Waals surface area (Å²) in [5, 5.41) is 6.02. The zero-order valence-corrected chi connectivity index (χ0v) is 11.7. The summed E-state index contributed by atoms with van der Waals surface area (Å²) >= 11 is 0. The second-order valence-corrected chi connectivity index (χ2v) is 4.14. The third kappa shape index (κ3) is 5.18. The number of benzene rings is 1. The zero-order valence-electron chi connectivity index (χ0n) is 11.7. The van der Waals surface area contributed by atoms with Crippen LogP contribution in [0.25, 0.3) is 0 Å². The summed E-state index contributed by atoms with van der Waals surface area (Å²) in [4.78, 5) is 11.9. The van der Waals surface area contributed by atoms with Gasteiger partial charge in [0.25, 0.3) is 5.91 Å². The third-order valence-electron chi connectivity index (χ3n) is 2.61. The van der Waals surface area contributed by atoms with Crippen molar-refractivity contribution in [2.75, 3.05) is 37.4 Å². The van der Waals surface area contributed by atoms with E-state index in [1.54, 1.807) is 18.2 Å². The van der Waals surface area contributed by atoms with Crippen LogP contribution in [0.15, 0.2) is 18.2 Å². The number of carbonyl (C=O) groups excluding carboxylic acids is 1. The minimum atomic E-state index is -0.0881. The Morgan fingerprint density at radius 2 is 2.16 bits per heavy atom. The number of rotatable bonds is 8. The second kappa shape index (κ2) is 8.37. The monoisotopic (exact) mass is 265 g/mol. The van der Waals surface area contributed by atoms with Crippen molar-refractivity contribution in [3.63, 3.8) is 0 Å². The Morgan fingerprint density at radius 3 is 2.84 bits per heavy atom. The van der Waals surface area contributed by atoms with Gasteiger partial charge in [0.1, 0.15) is 0 Å². The van der Waals surface area contributed by atoms with E-state index in [1.807, 2.05) is 13.8 Å². The van der Waals surface area contributed by atoms with E-state index in [0.29, 0.717) is 24.4 Å². The lowest BCUT2D eigenvalue weighted by molar-refractivity contribution is 0.0956. The normalized spacial score (nSPS) is 10.2. The summed E-state index contributed by atoms with van der Waals surface area (Å²) in [7, 11) is 0. The number of anilines is 2. The van der Waals surface area contributed by atoms with E-state index in [-0.39, 0.29) is 5.91 Å². The van der Waals surface area contributed by atoms with Crippen LogP contribution in [0.3, 0.4) is 0 Å². The molecule has 5 nitrogen and oxygen atoms in total. The van der Waals surface area contributed by atoms with Crippen LogP contribution in [0, 0.1) is 0 Å². The molecule has 0 aliphatic carbocycles. The Hall–Kier alpha value is -1.75. The van der Waals surface area contributed by atoms with E-state index < -0.39 is 0 Å². The van der Waals surface area contributed by atoms with Crippen LogP contribution in [0.2, 0.25) is 0 Å². The molecule has 0 aliphatic heterocycles. The lowest BCUT2D eigenvalue weighted by atomic mass is 10.1. The molecule has 1 amide bonds. The number of hydrogen-bond acceptors (Lipinski definition) is 4. The van der Waals surface area contributed by atoms with Crippen LogP contribution in [-0.2, 0) is 4.74 Å². The molecule has 0 bridgehead atoms. The Morgan fingerprint density at radius 1 is 1.37 bits per heavy atom. The van der Waals surface area contributed by atoms with E-state index in [4.69, 9.17) is 10.5 Å². The van der Waals surface area contributed by atoms with Crippen molar-refractivity contribution in [1.29, 1.82) is 0 Å². The van der Waals surface area contributed by atoms with Gasteiger partial charge in [0.05, 0.1) is 5.56 Å². The molecule has 0 aliphatic rings. The summed E-state index contributed by atoms with van der Waals surface area (Å²) < 4.78 is 5.27. The van der Waals surface area contributed by atoms with Crippen molar-refractivity contribution in [3.05, 3.63) is 23.8 Å². The summed E-state index contributed by atoms with van der Waals surface area (Å²) in [6.07, 6.45) is 0.886. The molecule has 1 aromatic carbocycles. The Labute approximate surface area is 114 Å². The molecule has 0 radical (unpaired) electrons. The van der Waals surface area contributed by atoms with E-state index in [1.165, 1.54) is 0 Å². The average Bonchev–Trinajstić information content (AvgIpc) is 2.39. The maximum Gasteiger partial charge on any atom is 0.253 e. The predicted molar refractivity (Wildman–Crippen MR) is 78.5 cm³/mol. The highest BCUT2D eigenvalue weighted by molar-refractivity contribution is 6.00. The number of nitrogen functional groups attached to an aromatic ring is 1. The lowest BCUT2D eigenvalue weighted by Gasteiger charge is -2.12. The van der Waals surface area contributed by atoms with Gasteiger partial charge >= 0.3 is 0 Å². The molecule has 0 unspecified atom stereocenters. The van der Waals surface area contributed by atoms with Crippen LogP contribution in [-0.4, -0.2) is 32.2 Å². The van der Waals surface area contributed by atoms with Crippen molar-refractivity contribution in [3.8, 4) is 0 Å². The van der Waals surface area contributed by atoms with Gasteiger partial charge in [0.15, 0.2) is 0 Å². The largest absolute Gasteiger partial charge is 0.399 e. The first kappa shape index (κ1) is 15.3. The molecular weight excluding hydrogens is 242 g/mol. The third-order valence-corrected chi connectivity index (χ3v) is 2.61. The zero-order chi connectivity index (χ0) is 14.1. The lowest BCUT2D eigenvalue weighted by Crippen LogP contribution is -2.24. The Bertz CT molecular complexity index is 408. The highest BCUT2D eigenvalue weighted by Crippen LogP contribution is 2.19. The first-order valence-electron chi connectivity index (χ1n) is 6.68. The minimum Gasteiger partial charge on any atom is -0.399 e. The number of amides is 1. The predicted octanol–water partition coefficient (Wildman–Crippen LogP) is 1.86. The molecule has 4 N–H and O–H groups in total. The van der Waals surface area contributed by atoms with Crippen LogP contribution < -0.4 is 16.4 Å². The first-order valence-corrected chi connectivity index (χ1v) is 6.68. The van der Waals surface area contributed by atoms with Gasteiger partial charge in [-0.1, -0.05) is 0 Å². The van der Waals surface area contributed by atoms with E-state index in [2.05, 4.69) is 10.6 Å². The fourth-order valence-electron chi connectivity index (χ4n) is 1.70. The van der Waals surface area contributed by atoms with Gasteiger partial charge in [-0.2, -0.15) is 0 Å². The Kier molecular flexibility index (Phi) is 6.74. The summed E-state index contributed by atoms with van der Waals surface area (Å²) in [6, 6.07) is 5.26. The molecule has 19 heavy (non-hydrogen) atoms. The smallest absolute Gasteiger partial charge is 0.253 e. The molecule has 0 saturated heterocycles. The van der Waals surface area contributed by atoms with E-state index in [9.17, 15) is 4.79 Å². The number of carbonyl (C=O) groups is 1. The van der Waals surface area contributed by atoms with E-state index >= 15 is 0 Å². The molecule has 5 heteroatoms. The van der Waals surface area contributed by atoms with Gasteiger partial charge in [-0.3, -0.25) is 4.79 Å². The summed E-state index contributed by atoms with van der Waals surface area (Å²) in [5.74, 6) is -0.0881. The van der Waals surface area contributed by atoms with Gasteiger partial charge in [0, 0.05) is 37.7 Å². The van der Waals surface area contributed by atoms with Gasteiger partial charge < -0.3 is 21.1 Å². The maximum absolute atomic E-state index is 11.9. The van der Waals surface area contributed by atoms with Crippen LogP contribution >= 0.6 is 0 Å². The van der Waals surface area contributed by atoms with Crippen molar-refractivity contribution < 1.29 is 9.53 Å². The summed E-state index contributed by atoms with van der Waals surface area (Å²) in [6.45, 7) is 6.65. The average molecular weight is 265 g/mol. The molecule has 1 rings (SSSR count). The van der Waals surface area contributed by atoms with E-state index in [0.717, 1.165) is 25.3 Å². The SMILES string of the molecule is CCNC(=O)c1ccc(N)cc1NCCCOCC. The van der Waals surface area contributed by atoms with Crippen molar-refractivity contribution in [1.82, 2.24) is 5.32 Å². The fourth-order valence-corrected chi connectivity index (χ4v) is 1.70. The molecule has 0 atom stereocenters. The van der Waals surface area contributed by atoms with Crippen LogP contribution in [0.5, 0.6) is 0 Å². The Balaban J connectivity index is 2.63. The fraction of sp³-hybridized carbons (Fsp3) is 0.500. The maximum atomic E-state index is 11.9. The number of ether oxygens (including phenoxy) is 1. The highest BCUT2D eigenvalue weighted by Gasteiger charge is 2.10. The van der Waals surface area contributed by atoms with Crippen LogP contribution in [0.4, 0.5) is 11.4 Å². The molecule has 0 fully saturated rings. The number of nitrogens with one attached hydrogen (secondary N) is 2. The standard InChI is InChI=1S/C14H23N3O2/c1-3-16-14(18)12-7-6-11(15)10-13(12)17-8-5-9-19-4-2/h6-7,10,17H,3-5,8-9,15H2,1-2H3,(H,16,18). The summed E-state index contributed by atoms with van der Waals surface area (Å²) in [5.41, 5.74) is 7.78. The molecule has 1 aromatic rings. The van der Waals surface area contributed by atoms with Gasteiger partial charge in [-0.05, 0) is 38.5 Å². The van der Waals surface area contributed by atoms with Crippen LogP contribution in [0.1, 0.15) is 30.6 Å². The van der Waals surface area contributed by atoms with Crippen molar-refractivity contribution in [2.45, 2.75) is 20.3 Å². The molecular formula is C14H23N3O2. The minimum absolute atomic E-state index is 0.0881. The van der Waals surface area contributed by atoms with Gasteiger partial charge in [-0.25, -0.2) is 0 Å². The molecule has 106 valence electrons. The number of hydrogen-bond donors (Lipinski definition) is 3. The molecule has 0 heterocycles. The topological polar surface area (TPSA) is 76.4 Å². The first-order chi connectivity index (χ1) is 9.19.